The Labute approximate surface area is 112 Å². The van der Waals surface area contributed by atoms with Gasteiger partial charge < -0.3 is 15.2 Å². The molecule has 4 nitrogen and oxygen atoms in total. The fourth-order valence-corrected chi connectivity index (χ4v) is 2.83. The molecule has 0 saturated carbocycles. The summed E-state index contributed by atoms with van der Waals surface area (Å²) in [6.45, 7) is 2.70. The van der Waals surface area contributed by atoms with Crippen LogP contribution in [0.5, 0.6) is 0 Å². The highest BCUT2D eigenvalue weighted by Crippen LogP contribution is 2.20. The van der Waals surface area contributed by atoms with E-state index in [4.69, 9.17) is 0 Å². The Morgan fingerprint density at radius 1 is 1.47 bits per heavy atom. The largest absolute Gasteiger partial charge is 0.351 e. The number of nitrogens with one attached hydrogen (secondary N) is 2. The second-order valence-corrected chi connectivity index (χ2v) is 5.23. The normalized spacial score (nSPS) is 19.2. The van der Waals surface area contributed by atoms with Gasteiger partial charge in [-0.15, -0.1) is 0 Å². The number of hydrogen-bond donors (Lipinski definition) is 2. The van der Waals surface area contributed by atoms with Gasteiger partial charge in [0.05, 0.1) is 0 Å². The molecule has 19 heavy (non-hydrogen) atoms. The quantitative estimate of drug-likeness (QED) is 0.881. The number of nitrogens with zero attached hydrogens (tertiary/aromatic N) is 1. The minimum atomic E-state index is 0.120. The maximum Gasteiger partial charge on any atom is 0.270 e. The molecule has 3 rings (SSSR count). The van der Waals surface area contributed by atoms with Crippen molar-refractivity contribution in [3.8, 4) is 0 Å². The lowest BCUT2D eigenvalue weighted by Crippen LogP contribution is -2.30. The molecule has 1 atom stereocenters. The van der Waals surface area contributed by atoms with Crippen molar-refractivity contribution < 1.29 is 4.79 Å². The summed E-state index contributed by atoms with van der Waals surface area (Å²) in [4.78, 5) is 17.6. The second-order valence-electron chi connectivity index (χ2n) is 5.23. The Balaban J connectivity index is 1.77. The average Bonchev–Trinajstić information content (AvgIpc) is 3.04. The second kappa shape index (κ2) is 5.05. The van der Waals surface area contributed by atoms with Gasteiger partial charge in [0.25, 0.3) is 5.91 Å². The van der Waals surface area contributed by atoms with Gasteiger partial charge in [-0.05, 0) is 38.1 Å². The van der Waals surface area contributed by atoms with Crippen molar-refractivity contribution in [1.29, 1.82) is 0 Å². The number of amides is 1. The number of likely N-dealkylation sites (tertiary alicyclic amines) is 1. The van der Waals surface area contributed by atoms with Crippen LogP contribution in [0.3, 0.4) is 0 Å². The fraction of sp³-hybridized carbons (Fsp3) is 0.400. The van der Waals surface area contributed by atoms with E-state index in [1.54, 1.807) is 0 Å². The molecule has 1 fully saturated rings. The number of H-pyrrole nitrogens is 1. The van der Waals surface area contributed by atoms with Crippen molar-refractivity contribution in [3.63, 3.8) is 0 Å². The third-order valence-corrected chi connectivity index (χ3v) is 3.83. The summed E-state index contributed by atoms with van der Waals surface area (Å²) in [6, 6.07) is 9.94. The van der Waals surface area contributed by atoms with E-state index in [0.717, 1.165) is 37.0 Å². The zero-order valence-corrected chi connectivity index (χ0v) is 11.1. The maximum atomic E-state index is 12.4. The van der Waals surface area contributed by atoms with Gasteiger partial charge in [-0.1, -0.05) is 18.2 Å². The third kappa shape index (κ3) is 2.36. The molecule has 1 aliphatic heterocycles. The van der Waals surface area contributed by atoms with Gasteiger partial charge in [-0.3, -0.25) is 4.79 Å². The Bertz CT molecular complexity index is 557. The molecule has 1 aromatic carbocycles. The first-order valence-corrected chi connectivity index (χ1v) is 6.79. The summed E-state index contributed by atoms with van der Waals surface area (Å²) in [6.07, 6.45) is 1.09. The van der Waals surface area contributed by atoms with E-state index < -0.39 is 0 Å². The van der Waals surface area contributed by atoms with E-state index >= 15 is 0 Å². The Morgan fingerprint density at radius 2 is 2.32 bits per heavy atom. The Kier molecular flexibility index (Phi) is 3.25. The molecule has 2 heterocycles. The van der Waals surface area contributed by atoms with E-state index in [1.807, 2.05) is 42.3 Å². The molecule has 0 bridgehead atoms. The predicted molar refractivity (Wildman–Crippen MR) is 76.2 cm³/mol. The first kappa shape index (κ1) is 12.2. The van der Waals surface area contributed by atoms with Gasteiger partial charge in [0, 0.05) is 24.0 Å². The zero-order chi connectivity index (χ0) is 13.2. The SMILES string of the molecule is CNCC1CCN(C(=O)c2cc3ccccc3[nH]2)C1. The van der Waals surface area contributed by atoms with Crippen LogP contribution in [0.1, 0.15) is 16.9 Å². The number of rotatable bonds is 3. The van der Waals surface area contributed by atoms with Crippen molar-refractivity contribution >= 4 is 16.8 Å². The molecule has 100 valence electrons. The lowest BCUT2D eigenvalue weighted by Gasteiger charge is -2.15. The maximum absolute atomic E-state index is 12.4. The summed E-state index contributed by atoms with van der Waals surface area (Å²) in [5, 5.41) is 4.28. The molecule has 1 unspecified atom stereocenters. The highest BCUT2D eigenvalue weighted by atomic mass is 16.2. The Morgan fingerprint density at radius 3 is 3.11 bits per heavy atom. The van der Waals surface area contributed by atoms with Crippen LogP contribution in [-0.2, 0) is 0 Å². The topological polar surface area (TPSA) is 48.1 Å². The van der Waals surface area contributed by atoms with Crippen LogP contribution in [-0.4, -0.2) is 42.5 Å². The predicted octanol–water partition coefficient (Wildman–Crippen LogP) is 1.85. The van der Waals surface area contributed by atoms with E-state index in [0.29, 0.717) is 11.6 Å². The monoisotopic (exact) mass is 257 g/mol. The number of carbonyl (C=O) groups is 1. The third-order valence-electron chi connectivity index (χ3n) is 3.83. The van der Waals surface area contributed by atoms with Crippen molar-refractivity contribution in [2.75, 3.05) is 26.7 Å². The van der Waals surface area contributed by atoms with Gasteiger partial charge in [-0.2, -0.15) is 0 Å². The molecule has 0 radical (unpaired) electrons. The number of aromatic amines is 1. The lowest BCUT2D eigenvalue weighted by molar-refractivity contribution is 0.0782. The van der Waals surface area contributed by atoms with E-state index in [9.17, 15) is 4.79 Å². The molecular weight excluding hydrogens is 238 g/mol. The lowest BCUT2D eigenvalue weighted by atomic mass is 10.1. The summed E-state index contributed by atoms with van der Waals surface area (Å²) in [5.74, 6) is 0.702. The summed E-state index contributed by atoms with van der Waals surface area (Å²) >= 11 is 0. The molecule has 1 amide bonds. The molecule has 0 spiro atoms. The van der Waals surface area contributed by atoms with Crippen LogP contribution in [0.15, 0.2) is 30.3 Å². The number of hydrogen-bond acceptors (Lipinski definition) is 2. The summed E-state index contributed by atoms with van der Waals surface area (Å²) < 4.78 is 0. The van der Waals surface area contributed by atoms with E-state index in [1.165, 1.54) is 0 Å². The number of benzene rings is 1. The first-order valence-electron chi connectivity index (χ1n) is 6.79. The minimum Gasteiger partial charge on any atom is -0.351 e. The molecule has 4 heteroatoms. The highest BCUT2D eigenvalue weighted by Gasteiger charge is 2.27. The number of carbonyl (C=O) groups excluding carboxylic acids is 1. The molecule has 1 aromatic heterocycles. The van der Waals surface area contributed by atoms with E-state index in [2.05, 4.69) is 10.3 Å². The van der Waals surface area contributed by atoms with Crippen LogP contribution in [0, 0.1) is 5.92 Å². The molecule has 0 aliphatic carbocycles. The van der Waals surface area contributed by atoms with Crippen molar-refractivity contribution in [2.45, 2.75) is 6.42 Å². The van der Waals surface area contributed by atoms with E-state index in [-0.39, 0.29) is 5.91 Å². The molecule has 2 N–H and O–H groups in total. The summed E-state index contributed by atoms with van der Waals surface area (Å²) in [7, 11) is 1.96. The molecular formula is C15H19N3O. The molecule has 1 aliphatic rings. The van der Waals surface area contributed by atoms with Crippen LogP contribution >= 0.6 is 0 Å². The minimum absolute atomic E-state index is 0.120. The number of fused-ring (bicyclic) bond motifs is 1. The first-order chi connectivity index (χ1) is 9.28. The van der Waals surface area contributed by atoms with Crippen molar-refractivity contribution in [1.82, 2.24) is 15.2 Å². The van der Waals surface area contributed by atoms with Crippen LogP contribution < -0.4 is 5.32 Å². The number of aromatic nitrogens is 1. The summed E-state index contributed by atoms with van der Waals surface area (Å²) in [5.41, 5.74) is 1.73. The van der Waals surface area contributed by atoms with Gasteiger partial charge in [0.1, 0.15) is 5.69 Å². The van der Waals surface area contributed by atoms with Gasteiger partial charge in [0.2, 0.25) is 0 Å². The van der Waals surface area contributed by atoms with Crippen molar-refractivity contribution in [2.24, 2.45) is 5.92 Å². The Hall–Kier alpha value is -1.81. The van der Waals surface area contributed by atoms with Gasteiger partial charge in [-0.25, -0.2) is 0 Å². The smallest absolute Gasteiger partial charge is 0.270 e. The van der Waals surface area contributed by atoms with Gasteiger partial charge in [0.15, 0.2) is 0 Å². The van der Waals surface area contributed by atoms with Gasteiger partial charge >= 0.3 is 0 Å². The standard InChI is InChI=1S/C15H19N3O/c1-16-9-11-6-7-18(10-11)15(19)14-8-12-4-2-3-5-13(12)17-14/h2-5,8,11,16-17H,6-7,9-10H2,1H3. The van der Waals surface area contributed by atoms with Crippen LogP contribution in [0.2, 0.25) is 0 Å². The zero-order valence-electron chi connectivity index (χ0n) is 11.1. The average molecular weight is 257 g/mol. The molecule has 2 aromatic rings. The number of para-hydroxylation sites is 1. The highest BCUT2D eigenvalue weighted by molar-refractivity contribution is 5.98. The fourth-order valence-electron chi connectivity index (χ4n) is 2.83. The van der Waals surface area contributed by atoms with Crippen LogP contribution in [0.25, 0.3) is 10.9 Å². The van der Waals surface area contributed by atoms with Crippen molar-refractivity contribution in [3.05, 3.63) is 36.0 Å². The molecule has 1 saturated heterocycles. The van der Waals surface area contributed by atoms with Crippen LogP contribution in [0.4, 0.5) is 0 Å².